The van der Waals surface area contributed by atoms with E-state index in [0.717, 1.165) is 7.11 Å². The third-order valence-electron chi connectivity index (χ3n) is 2.88. The summed E-state index contributed by atoms with van der Waals surface area (Å²) in [6.07, 6.45) is 1.47. The Balaban J connectivity index is 2.69. The van der Waals surface area contributed by atoms with Gasteiger partial charge in [-0.25, -0.2) is 9.78 Å². The molecule has 116 valence electrons. The first-order chi connectivity index (χ1) is 10.3. The summed E-state index contributed by atoms with van der Waals surface area (Å²) in [6, 6.07) is 4.86. The smallest absolute Gasteiger partial charge is 0.360 e. The Hall–Kier alpha value is -2.70. The van der Waals surface area contributed by atoms with Gasteiger partial charge >= 0.3 is 17.5 Å². The molecule has 2 aromatic heterocycles. The number of methoxy groups -OCH3 is 1. The van der Waals surface area contributed by atoms with Gasteiger partial charge in [0.1, 0.15) is 5.65 Å². The third-order valence-corrected chi connectivity index (χ3v) is 2.88. The molecule has 0 unspecified atom stereocenters. The molecule has 22 heavy (non-hydrogen) atoms. The molecule has 0 aliphatic heterocycles. The van der Waals surface area contributed by atoms with Crippen molar-refractivity contribution in [3.63, 3.8) is 0 Å². The van der Waals surface area contributed by atoms with Gasteiger partial charge in [0.25, 0.3) is 0 Å². The summed E-state index contributed by atoms with van der Waals surface area (Å²) in [5, 5.41) is 0. The van der Waals surface area contributed by atoms with Crippen molar-refractivity contribution in [2.24, 2.45) is 5.41 Å². The Bertz CT molecular complexity index is 802. The van der Waals surface area contributed by atoms with Crippen LogP contribution in [0.1, 0.15) is 31.3 Å². The number of nitrogens with zero attached hydrogens (tertiary/aromatic N) is 2. The molecule has 7 nitrogen and oxygen atoms in total. The fourth-order valence-electron chi connectivity index (χ4n) is 1.65. The van der Waals surface area contributed by atoms with E-state index >= 15 is 0 Å². The predicted molar refractivity (Wildman–Crippen MR) is 77.9 cm³/mol. The van der Waals surface area contributed by atoms with Crippen molar-refractivity contribution in [3.8, 4) is 5.75 Å². The molecule has 7 heteroatoms. The monoisotopic (exact) mass is 304 g/mol. The van der Waals surface area contributed by atoms with Crippen LogP contribution in [0.15, 0.2) is 29.2 Å². The van der Waals surface area contributed by atoms with Crippen LogP contribution in [0.2, 0.25) is 0 Å². The van der Waals surface area contributed by atoms with Crippen molar-refractivity contribution in [3.05, 3.63) is 40.4 Å². The molecule has 2 heterocycles. The van der Waals surface area contributed by atoms with Gasteiger partial charge in [0.2, 0.25) is 5.75 Å². The normalized spacial score (nSPS) is 11.3. The molecule has 0 saturated heterocycles. The summed E-state index contributed by atoms with van der Waals surface area (Å²) in [4.78, 5) is 40.4. The molecule has 0 N–H and O–H groups in total. The number of carbonyl (C=O) groups is 2. The predicted octanol–water partition coefficient (Wildman–Crippen LogP) is 1.43. The van der Waals surface area contributed by atoms with Crippen molar-refractivity contribution in [1.82, 2.24) is 9.38 Å². The van der Waals surface area contributed by atoms with Crippen LogP contribution in [0.4, 0.5) is 0 Å². The van der Waals surface area contributed by atoms with E-state index in [0.29, 0.717) is 0 Å². The number of pyridine rings is 1. The van der Waals surface area contributed by atoms with E-state index in [4.69, 9.17) is 4.74 Å². The maximum Gasteiger partial charge on any atom is 0.360 e. The maximum atomic E-state index is 12.5. The molecule has 0 aliphatic rings. The molecule has 0 spiro atoms. The van der Waals surface area contributed by atoms with Crippen LogP contribution in [0.25, 0.3) is 5.65 Å². The number of esters is 2. The molecule has 0 aromatic carbocycles. The van der Waals surface area contributed by atoms with Crippen molar-refractivity contribution >= 4 is 17.6 Å². The number of ether oxygens (including phenoxy) is 2. The van der Waals surface area contributed by atoms with E-state index < -0.39 is 28.7 Å². The molecule has 2 aromatic rings. The van der Waals surface area contributed by atoms with Crippen LogP contribution in [0.5, 0.6) is 5.75 Å². The van der Waals surface area contributed by atoms with Crippen LogP contribution in [0.3, 0.4) is 0 Å². The number of aromatic nitrogens is 2. The second-order valence-electron chi connectivity index (χ2n) is 5.65. The van der Waals surface area contributed by atoms with E-state index in [1.165, 1.54) is 10.6 Å². The van der Waals surface area contributed by atoms with E-state index in [-0.39, 0.29) is 11.3 Å². The van der Waals surface area contributed by atoms with Crippen LogP contribution in [-0.4, -0.2) is 28.4 Å². The Morgan fingerprint density at radius 2 is 1.91 bits per heavy atom. The highest BCUT2D eigenvalue weighted by molar-refractivity contribution is 5.92. The van der Waals surface area contributed by atoms with Crippen LogP contribution in [-0.2, 0) is 9.53 Å². The number of hydrogen-bond acceptors (Lipinski definition) is 6. The minimum absolute atomic E-state index is 0.253. The first kappa shape index (κ1) is 15.7. The highest BCUT2D eigenvalue weighted by Crippen LogP contribution is 2.20. The molecule has 0 atom stereocenters. The second-order valence-corrected chi connectivity index (χ2v) is 5.65. The van der Waals surface area contributed by atoms with Crippen molar-refractivity contribution < 1.29 is 19.1 Å². The molecule has 0 fully saturated rings. The topological polar surface area (TPSA) is 87.0 Å². The summed E-state index contributed by atoms with van der Waals surface area (Å²) >= 11 is 0. The highest BCUT2D eigenvalue weighted by Gasteiger charge is 2.29. The average molecular weight is 304 g/mol. The molecule has 2 rings (SSSR count). The minimum Gasteiger partial charge on any atom is -0.464 e. The lowest BCUT2D eigenvalue weighted by molar-refractivity contribution is -0.143. The van der Waals surface area contributed by atoms with Gasteiger partial charge in [-0.2, -0.15) is 0 Å². The van der Waals surface area contributed by atoms with Crippen LogP contribution in [0, 0.1) is 5.41 Å². The van der Waals surface area contributed by atoms with Gasteiger partial charge < -0.3 is 9.47 Å². The number of hydrogen-bond donors (Lipinski definition) is 0. The zero-order valence-corrected chi connectivity index (χ0v) is 12.7. The average Bonchev–Trinajstić information content (AvgIpc) is 2.48. The van der Waals surface area contributed by atoms with Gasteiger partial charge in [-0.05, 0) is 32.9 Å². The fourth-order valence-corrected chi connectivity index (χ4v) is 1.65. The largest absolute Gasteiger partial charge is 0.464 e. The number of fused-ring (bicyclic) bond motifs is 1. The quantitative estimate of drug-likeness (QED) is 0.780. The lowest BCUT2D eigenvalue weighted by Gasteiger charge is -2.17. The maximum absolute atomic E-state index is 12.5. The molecule has 0 bridgehead atoms. The van der Waals surface area contributed by atoms with Gasteiger partial charge in [-0.15, -0.1) is 0 Å². The summed E-state index contributed by atoms with van der Waals surface area (Å²) in [7, 11) is 1.16. The van der Waals surface area contributed by atoms with Crippen molar-refractivity contribution in [2.45, 2.75) is 20.8 Å². The van der Waals surface area contributed by atoms with E-state index in [2.05, 4.69) is 9.72 Å². The van der Waals surface area contributed by atoms with E-state index in [1.807, 2.05) is 0 Å². The van der Waals surface area contributed by atoms with E-state index in [9.17, 15) is 14.4 Å². The van der Waals surface area contributed by atoms with Gasteiger partial charge in [-0.3, -0.25) is 14.0 Å². The minimum atomic E-state index is -0.847. The Labute approximate surface area is 126 Å². The zero-order chi connectivity index (χ0) is 16.5. The Morgan fingerprint density at radius 1 is 1.23 bits per heavy atom. The van der Waals surface area contributed by atoms with Crippen LogP contribution >= 0.6 is 0 Å². The first-order valence-corrected chi connectivity index (χ1v) is 6.57. The van der Waals surface area contributed by atoms with Crippen LogP contribution < -0.4 is 10.3 Å². The SMILES string of the molecule is COC(=O)c1nc2ccccn2c(=O)c1OC(=O)C(C)(C)C. The molecule has 0 amide bonds. The molecular formula is C15H16N2O5. The number of rotatable bonds is 2. The summed E-state index contributed by atoms with van der Waals surface area (Å²) in [6.45, 7) is 4.91. The number of carbonyl (C=O) groups excluding carboxylic acids is 2. The fraction of sp³-hybridized carbons (Fsp3) is 0.333. The van der Waals surface area contributed by atoms with Gasteiger partial charge in [0.15, 0.2) is 5.69 Å². The molecule has 0 saturated carbocycles. The van der Waals surface area contributed by atoms with Gasteiger partial charge in [-0.1, -0.05) is 6.07 Å². The third kappa shape index (κ3) is 2.83. The molecule has 0 radical (unpaired) electrons. The molecule has 0 aliphatic carbocycles. The van der Waals surface area contributed by atoms with E-state index in [1.54, 1.807) is 39.0 Å². The van der Waals surface area contributed by atoms with Crippen molar-refractivity contribution in [1.29, 1.82) is 0 Å². The Morgan fingerprint density at radius 3 is 2.50 bits per heavy atom. The Kier molecular flexibility index (Phi) is 3.99. The van der Waals surface area contributed by atoms with Crippen molar-refractivity contribution in [2.75, 3.05) is 7.11 Å². The standard InChI is InChI=1S/C15H16N2O5/c1-15(2,3)14(20)22-11-10(13(19)21-4)16-9-7-5-6-8-17(9)12(11)18/h5-8H,1-4H3. The highest BCUT2D eigenvalue weighted by atomic mass is 16.5. The summed E-state index contributed by atoms with van der Waals surface area (Å²) < 4.78 is 10.9. The molecular weight excluding hydrogens is 288 g/mol. The second kappa shape index (κ2) is 5.59. The first-order valence-electron chi connectivity index (χ1n) is 6.57. The lowest BCUT2D eigenvalue weighted by Crippen LogP contribution is -2.31. The lowest BCUT2D eigenvalue weighted by atomic mass is 9.97. The van der Waals surface area contributed by atoms with Gasteiger partial charge in [0, 0.05) is 6.20 Å². The summed E-state index contributed by atoms with van der Waals surface area (Å²) in [5.41, 5.74) is -1.56. The summed E-state index contributed by atoms with van der Waals surface area (Å²) in [5.74, 6) is -1.93. The van der Waals surface area contributed by atoms with Gasteiger partial charge in [0.05, 0.1) is 12.5 Å². The zero-order valence-electron chi connectivity index (χ0n) is 12.7.